The van der Waals surface area contributed by atoms with E-state index in [2.05, 4.69) is 57.3 Å². The van der Waals surface area contributed by atoms with E-state index in [9.17, 15) is 0 Å². The predicted molar refractivity (Wildman–Crippen MR) is 82.7 cm³/mol. The minimum atomic E-state index is 0.392. The van der Waals surface area contributed by atoms with Crippen LogP contribution in [0.1, 0.15) is 58.6 Å². The molecular formula is C17H29NO. The first-order valence-corrected chi connectivity index (χ1v) is 7.71. The molecule has 0 radical (unpaired) electrons. The number of nitrogens with one attached hydrogen (secondary N) is 1. The first kappa shape index (κ1) is 16.0. The lowest BCUT2D eigenvalue weighted by molar-refractivity contribution is 0.236. The molecule has 1 aromatic carbocycles. The lowest BCUT2D eigenvalue weighted by Crippen LogP contribution is -2.21. The summed E-state index contributed by atoms with van der Waals surface area (Å²) in [7, 11) is 0. The smallest absolute Gasteiger partial charge is 0.124 e. The molecule has 1 N–H and O–H groups in total. The Kier molecular flexibility index (Phi) is 7.57. The molecule has 0 fully saturated rings. The molecule has 0 aliphatic carbocycles. The van der Waals surface area contributed by atoms with Crippen molar-refractivity contribution in [2.75, 3.05) is 13.2 Å². The van der Waals surface area contributed by atoms with Crippen molar-refractivity contribution >= 4 is 0 Å². The van der Waals surface area contributed by atoms with Crippen LogP contribution < -0.4 is 10.1 Å². The van der Waals surface area contributed by atoms with Gasteiger partial charge in [0.25, 0.3) is 0 Å². The number of para-hydroxylation sites is 1. The molecule has 0 aliphatic rings. The van der Waals surface area contributed by atoms with Crippen LogP contribution in [-0.4, -0.2) is 13.2 Å². The van der Waals surface area contributed by atoms with Crippen molar-refractivity contribution in [1.29, 1.82) is 0 Å². The van der Waals surface area contributed by atoms with Gasteiger partial charge in [0.15, 0.2) is 0 Å². The standard InChI is InChI=1S/C17H29NO/c1-5-14(6-2)13-19-17-12-10-9-11-15(17)16(7-3)18-8-4/h9-12,14,16,18H,5-8,13H2,1-4H3. The van der Waals surface area contributed by atoms with E-state index in [1.807, 2.05) is 0 Å². The van der Waals surface area contributed by atoms with Crippen LogP contribution in [-0.2, 0) is 0 Å². The largest absolute Gasteiger partial charge is 0.493 e. The Bertz CT molecular complexity index is 347. The second-order valence-corrected chi connectivity index (χ2v) is 5.05. The van der Waals surface area contributed by atoms with Crippen molar-refractivity contribution in [3.8, 4) is 5.75 Å². The van der Waals surface area contributed by atoms with Gasteiger partial charge >= 0.3 is 0 Å². The summed E-state index contributed by atoms with van der Waals surface area (Å²) < 4.78 is 6.07. The van der Waals surface area contributed by atoms with E-state index in [4.69, 9.17) is 4.74 Å². The Hall–Kier alpha value is -1.02. The summed E-state index contributed by atoms with van der Waals surface area (Å²) in [6, 6.07) is 8.82. The van der Waals surface area contributed by atoms with Crippen LogP contribution in [0.5, 0.6) is 5.75 Å². The SMILES string of the molecule is CCNC(CC)c1ccccc1OCC(CC)CC. The normalized spacial score (nSPS) is 12.7. The van der Waals surface area contributed by atoms with Gasteiger partial charge in [-0.2, -0.15) is 0 Å². The van der Waals surface area contributed by atoms with Crippen molar-refractivity contribution in [2.45, 2.75) is 53.0 Å². The van der Waals surface area contributed by atoms with Crippen LogP contribution in [0.4, 0.5) is 0 Å². The van der Waals surface area contributed by atoms with E-state index in [1.54, 1.807) is 0 Å². The summed E-state index contributed by atoms with van der Waals surface area (Å²) in [5, 5.41) is 3.52. The van der Waals surface area contributed by atoms with Crippen LogP contribution in [0.3, 0.4) is 0 Å². The molecule has 0 saturated carbocycles. The first-order chi connectivity index (χ1) is 9.26. The van der Waals surface area contributed by atoms with Crippen LogP contribution in [0.2, 0.25) is 0 Å². The fourth-order valence-corrected chi connectivity index (χ4v) is 2.35. The number of benzene rings is 1. The lowest BCUT2D eigenvalue weighted by Gasteiger charge is -2.21. The Morgan fingerprint density at radius 3 is 2.26 bits per heavy atom. The number of hydrogen-bond donors (Lipinski definition) is 1. The van der Waals surface area contributed by atoms with Crippen LogP contribution in [0.15, 0.2) is 24.3 Å². The summed E-state index contributed by atoms with van der Waals surface area (Å²) >= 11 is 0. The van der Waals surface area contributed by atoms with Crippen molar-refractivity contribution in [3.05, 3.63) is 29.8 Å². The Balaban J connectivity index is 2.77. The highest BCUT2D eigenvalue weighted by atomic mass is 16.5. The molecule has 1 aromatic rings. The molecule has 1 unspecified atom stereocenters. The minimum absolute atomic E-state index is 0.392. The van der Waals surface area contributed by atoms with Gasteiger partial charge in [-0.1, -0.05) is 58.7 Å². The third-order valence-electron chi connectivity index (χ3n) is 3.78. The zero-order chi connectivity index (χ0) is 14.1. The molecule has 2 heteroatoms. The molecule has 2 nitrogen and oxygen atoms in total. The summed E-state index contributed by atoms with van der Waals surface area (Å²) in [4.78, 5) is 0. The topological polar surface area (TPSA) is 21.3 Å². The average Bonchev–Trinajstić information content (AvgIpc) is 2.46. The number of ether oxygens (including phenoxy) is 1. The lowest BCUT2D eigenvalue weighted by atomic mass is 10.0. The Morgan fingerprint density at radius 1 is 1.00 bits per heavy atom. The van der Waals surface area contributed by atoms with Gasteiger partial charge in [0.1, 0.15) is 5.75 Å². The second kappa shape index (κ2) is 8.98. The van der Waals surface area contributed by atoms with Gasteiger partial charge in [-0.25, -0.2) is 0 Å². The van der Waals surface area contributed by atoms with Crippen LogP contribution >= 0.6 is 0 Å². The second-order valence-electron chi connectivity index (χ2n) is 5.05. The van der Waals surface area contributed by atoms with Gasteiger partial charge in [-0.15, -0.1) is 0 Å². The molecule has 0 bridgehead atoms. The highest BCUT2D eigenvalue weighted by Gasteiger charge is 2.14. The van der Waals surface area contributed by atoms with Crippen molar-refractivity contribution in [3.63, 3.8) is 0 Å². The quantitative estimate of drug-likeness (QED) is 0.705. The summed E-state index contributed by atoms with van der Waals surface area (Å²) in [5.41, 5.74) is 1.29. The molecule has 1 rings (SSSR count). The highest BCUT2D eigenvalue weighted by Crippen LogP contribution is 2.27. The maximum absolute atomic E-state index is 6.07. The van der Waals surface area contributed by atoms with Gasteiger partial charge < -0.3 is 10.1 Å². The third-order valence-corrected chi connectivity index (χ3v) is 3.78. The molecule has 1 atom stereocenters. The van der Waals surface area contributed by atoms with Crippen molar-refractivity contribution in [1.82, 2.24) is 5.32 Å². The molecule has 0 spiro atoms. The molecular weight excluding hydrogens is 234 g/mol. The summed E-state index contributed by atoms with van der Waals surface area (Å²) in [6.45, 7) is 10.6. The molecule has 108 valence electrons. The predicted octanol–water partition coefficient (Wildman–Crippen LogP) is 4.56. The summed E-state index contributed by atoms with van der Waals surface area (Å²) in [6.07, 6.45) is 3.45. The third kappa shape index (κ3) is 4.87. The van der Waals surface area contributed by atoms with Crippen molar-refractivity contribution in [2.24, 2.45) is 5.92 Å². The fourth-order valence-electron chi connectivity index (χ4n) is 2.35. The maximum atomic E-state index is 6.07. The monoisotopic (exact) mass is 263 g/mol. The molecule has 19 heavy (non-hydrogen) atoms. The molecule has 0 heterocycles. The van der Waals surface area contributed by atoms with E-state index in [1.165, 1.54) is 18.4 Å². The van der Waals surface area contributed by atoms with Gasteiger partial charge in [0, 0.05) is 11.6 Å². The first-order valence-electron chi connectivity index (χ1n) is 7.71. The highest BCUT2D eigenvalue weighted by molar-refractivity contribution is 5.35. The van der Waals surface area contributed by atoms with E-state index in [-0.39, 0.29) is 0 Å². The Morgan fingerprint density at radius 2 is 1.68 bits per heavy atom. The fraction of sp³-hybridized carbons (Fsp3) is 0.647. The zero-order valence-corrected chi connectivity index (χ0v) is 12.9. The van der Waals surface area contributed by atoms with E-state index in [0.29, 0.717) is 12.0 Å². The van der Waals surface area contributed by atoms with E-state index < -0.39 is 0 Å². The number of hydrogen-bond acceptors (Lipinski definition) is 2. The molecule has 0 amide bonds. The van der Waals surface area contributed by atoms with Gasteiger partial charge in [0.05, 0.1) is 6.61 Å². The number of rotatable bonds is 9. The molecule has 0 aliphatic heterocycles. The van der Waals surface area contributed by atoms with Crippen molar-refractivity contribution < 1.29 is 4.74 Å². The van der Waals surface area contributed by atoms with Gasteiger partial charge in [-0.3, -0.25) is 0 Å². The Labute approximate surface area is 118 Å². The maximum Gasteiger partial charge on any atom is 0.124 e. The van der Waals surface area contributed by atoms with Crippen LogP contribution in [0.25, 0.3) is 0 Å². The molecule has 0 aromatic heterocycles. The summed E-state index contributed by atoms with van der Waals surface area (Å²) in [5.74, 6) is 1.70. The van der Waals surface area contributed by atoms with Gasteiger partial charge in [0.2, 0.25) is 0 Å². The average molecular weight is 263 g/mol. The minimum Gasteiger partial charge on any atom is -0.493 e. The zero-order valence-electron chi connectivity index (χ0n) is 12.9. The molecule has 0 saturated heterocycles. The van der Waals surface area contributed by atoms with E-state index >= 15 is 0 Å². The van der Waals surface area contributed by atoms with Crippen LogP contribution in [0, 0.1) is 5.92 Å². The van der Waals surface area contributed by atoms with E-state index in [0.717, 1.165) is 25.3 Å². The van der Waals surface area contributed by atoms with Gasteiger partial charge in [-0.05, 0) is 24.9 Å².